The summed E-state index contributed by atoms with van der Waals surface area (Å²) in [6.45, 7) is 2.67. The average Bonchev–Trinajstić information content (AvgIpc) is 3.22. The normalized spacial score (nSPS) is 18.6. The topological polar surface area (TPSA) is 68.0 Å². The fraction of sp³-hybridized carbons (Fsp3) is 0.600. The molecule has 1 heterocycles. The van der Waals surface area contributed by atoms with Crippen molar-refractivity contribution in [3.8, 4) is 0 Å². The number of nitrogens with one attached hydrogen (secondary N) is 1. The van der Waals surface area contributed by atoms with Crippen LogP contribution in [-0.2, 0) is 0 Å². The number of nitrogen functional groups attached to an aromatic ring is 1. The summed E-state index contributed by atoms with van der Waals surface area (Å²) in [6.07, 6.45) is 5.38. The van der Waals surface area contributed by atoms with Gasteiger partial charge in [0.15, 0.2) is 0 Å². The summed E-state index contributed by atoms with van der Waals surface area (Å²) < 4.78 is 0. The Morgan fingerprint density at radius 3 is 2.53 bits per heavy atom. The number of pyridine rings is 1. The van der Waals surface area contributed by atoms with Crippen LogP contribution in [0.5, 0.6) is 0 Å². The van der Waals surface area contributed by atoms with E-state index in [-0.39, 0.29) is 5.91 Å². The zero-order valence-electron chi connectivity index (χ0n) is 11.4. The number of nitrogens with two attached hydrogens (primary N) is 1. The maximum atomic E-state index is 12.1. The molecule has 2 aliphatic rings. The van der Waals surface area contributed by atoms with Crippen molar-refractivity contribution in [3.05, 3.63) is 23.4 Å². The minimum atomic E-state index is -0.0245. The Bertz CT molecular complexity index is 460. The number of hydrogen-bond donors (Lipinski definition) is 2. The highest BCUT2D eigenvalue weighted by molar-refractivity contribution is 5.94. The van der Waals surface area contributed by atoms with Crippen molar-refractivity contribution in [1.82, 2.24) is 10.3 Å². The molecule has 2 aliphatic carbocycles. The molecule has 4 nitrogen and oxygen atoms in total. The minimum Gasteiger partial charge on any atom is -0.384 e. The predicted octanol–water partition coefficient (Wildman–Crippen LogP) is 2.14. The third kappa shape index (κ3) is 3.06. The molecule has 0 atom stereocenters. The molecule has 2 saturated carbocycles. The Balaban J connectivity index is 1.60. The monoisotopic (exact) mass is 259 g/mol. The van der Waals surface area contributed by atoms with Gasteiger partial charge in [0.05, 0.1) is 0 Å². The third-order valence-corrected chi connectivity index (χ3v) is 4.19. The molecule has 1 amide bonds. The first-order chi connectivity index (χ1) is 9.13. The Labute approximate surface area is 113 Å². The fourth-order valence-corrected chi connectivity index (χ4v) is 2.90. The van der Waals surface area contributed by atoms with E-state index in [0.29, 0.717) is 17.3 Å². The maximum Gasteiger partial charge on any atom is 0.251 e. The predicted molar refractivity (Wildman–Crippen MR) is 74.7 cm³/mol. The molecule has 0 aliphatic heterocycles. The van der Waals surface area contributed by atoms with Crippen LogP contribution in [0.15, 0.2) is 12.1 Å². The summed E-state index contributed by atoms with van der Waals surface area (Å²) in [5.74, 6) is 2.80. The number of carbonyl (C=O) groups excluding carboxylic acids is 1. The molecule has 0 saturated heterocycles. The van der Waals surface area contributed by atoms with Crippen LogP contribution in [0.4, 0.5) is 5.82 Å². The lowest BCUT2D eigenvalue weighted by molar-refractivity contribution is 0.0943. The lowest BCUT2D eigenvalue weighted by Gasteiger charge is -2.16. The second kappa shape index (κ2) is 4.83. The molecule has 0 bridgehead atoms. The SMILES string of the molecule is Cc1cc(C(=O)NCC(C2CC2)C2CC2)cc(N)n1. The van der Waals surface area contributed by atoms with E-state index in [1.54, 1.807) is 12.1 Å². The number of aromatic nitrogens is 1. The van der Waals surface area contributed by atoms with E-state index in [0.717, 1.165) is 24.1 Å². The van der Waals surface area contributed by atoms with Crippen molar-refractivity contribution >= 4 is 11.7 Å². The standard InChI is InChI=1S/C15H21N3O/c1-9-6-12(7-14(16)18-9)15(19)17-8-13(10-2-3-10)11-4-5-11/h6-7,10-11,13H,2-5,8H2,1H3,(H2,16,18)(H,17,19). The van der Waals surface area contributed by atoms with E-state index in [1.165, 1.54) is 25.7 Å². The van der Waals surface area contributed by atoms with E-state index in [9.17, 15) is 4.79 Å². The van der Waals surface area contributed by atoms with Gasteiger partial charge in [-0.15, -0.1) is 0 Å². The summed E-state index contributed by atoms with van der Waals surface area (Å²) in [5, 5.41) is 3.07. The first kappa shape index (κ1) is 12.5. The zero-order chi connectivity index (χ0) is 13.4. The largest absolute Gasteiger partial charge is 0.384 e. The Hall–Kier alpha value is -1.58. The van der Waals surface area contributed by atoms with Crippen LogP contribution in [0.3, 0.4) is 0 Å². The number of nitrogens with zero attached hydrogens (tertiary/aromatic N) is 1. The summed E-state index contributed by atoms with van der Waals surface area (Å²) >= 11 is 0. The molecular formula is C15H21N3O. The van der Waals surface area contributed by atoms with Crippen LogP contribution in [-0.4, -0.2) is 17.4 Å². The molecule has 0 unspecified atom stereocenters. The van der Waals surface area contributed by atoms with Gasteiger partial charge in [0.25, 0.3) is 5.91 Å². The van der Waals surface area contributed by atoms with Gasteiger partial charge in [-0.1, -0.05) is 0 Å². The van der Waals surface area contributed by atoms with Gasteiger partial charge in [0, 0.05) is 17.8 Å². The van der Waals surface area contributed by atoms with Gasteiger partial charge >= 0.3 is 0 Å². The molecule has 1 aromatic rings. The zero-order valence-corrected chi connectivity index (χ0v) is 11.4. The van der Waals surface area contributed by atoms with Gasteiger partial charge in [0.2, 0.25) is 0 Å². The number of amides is 1. The summed E-state index contributed by atoms with van der Waals surface area (Å²) in [4.78, 5) is 16.2. The van der Waals surface area contributed by atoms with Crippen LogP contribution in [0, 0.1) is 24.7 Å². The summed E-state index contributed by atoms with van der Waals surface area (Å²) in [5.41, 5.74) is 7.08. The number of anilines is 1. The molecule has 3 rings (SSSR count). The third-order valence-electron chi connectivity index (χ3n) is 4.19. The molecule has 19 heavy (non-hydrogen) atoms. The van der Waals surface area contributed by atoms with Gasteiger partial charge in [-0.05, 0) is 62.5 Å². The van der Waals surface area contributed by atoms with Crippen molar-refractivity contribution in [2.75, 3.05) is 12.3 Å². The van der Waals surface area contributed by atoms with Gasteiger partial charge in [0.1, 0.15) is 5.82 Å². The van der Waals surface area contributed by atoms with Crippen molar-refractivity contribution in [3.63, 3.8) is 0 Å². The first-order valence-corrected chi connectivity index (χ1v) is 7.16. The van der Waals surface area contributed by atoms with E-state index >= 15 is 0 Å². The second-order valence-electron chi connectivity index (χ2n) is 5.97. The van der Waals surface area contributed by atoms with Crippen LogP contribution >= 0.6 is 0 Å². The molecule has 2 fully saturated rings. The van der Waals surface area contributed by atoms with Crippen molar-refractivity contribution in [1.29, 1.82) is 0 Å². The van der Waals surface area contributed by atoms with Gasteiger partial charge in [-0.25, -0.2) is 4.98 Å². The summed E-state index contributed by atoms with van der Waals surface area (Å²) in [7, 11) is 0. The molecule has 102 valence electrons. The van der Waals surface area contributed by atoms with E-state index in [2.05, 4.69) is 10.3 Å². The number of carbonyl (C=O) groups is 1. The first-order valence-electron chi connectivity index (χ1n) is 7.16. The van der Waals surface area contributed by atoms with Gasteiger partial charge in [-0.2, -0.15) is 0 Å². The maximum absolute atomic E-state index is 12.1. The fourth-order valence-electron chi connectivity index (χ4n) is 2.90. The van der Waals surface area contributed by atoms with Gasteiger partial charge < -0.3 is 11.1 Å². The van der Waals surface area contributed by atoms with E-state index in [1.807, 2.05) is 6.92 Å². The van der Waals surface area contributed by atoms with Crippen molar-refractivity contribution in [2.24, 2.45) is 17.8 Å². The molecule has 3 N–H and O–H groups in total. The lowest BCUT2D eigenvalue weighted by atomic mass is 9.98. The molecule has 4 heteroatoms. The lowest BCUT2D eigenvalue weighted by Crippen LogP contribution is -2.31. The Morgan fingerprint density at radius 1 is 1.37 bits per heavy atom. The minimum absolute atomic E-state index is 0.0245. The number of hydrogen-bond acceptors (Lipinski definition) is 3. The molecule has 0 radical (unpaired) electrons. The highest BCUT2D eigenvalue weighted by atomic mass is 16.1. The number of rotatable bonds is 5. The van der Waals surface area contributed by atoms with Gasteiger partial charge in [-0.3, -0.25) is 4.79 Å². The molecule has 1 aromatic heterocycles. The highest BCUT2D eigenvalue weighted by Gasteiger charge is 2.41. The van der Waals surface area contributed by atoms with E-state index < -0.39 is 0 Å². The molecule has 0 aromatic carbocycles. The smallest absolute Gasteiger partial charge is 0.251 e. The van der Waals surface area contributed by atoms with Crippen LogP contribution < -0.4 is 11.1 Å². The van der Waals surface area contributed by atoms with Crippen LogP contribution in [0.25, 0.3) is 0 Å². The second-order valence-corrected chi connectivity index (χ2v) is 5.97. The van der Waals surface area contributed by atoms with E-state index in [4.69, 9.17) is 5.73 Å². The van der Waals surface area contributed by atoms with Crippen LogP contribution in [0.1, 0.15) is 41.7 Å². The Morgan fingerprint density at radius 2 is 2.00 bits per heavy atom. The summed E-state index contributed by atoms with van der Waals surface area (Å²) in [6, 6.07) is 3.43. The average molecular weight is 259 g/mol. The highest BCUT2D eigenvalue weighted by Crippen LogP contribution is 2.48. The van der Waals surface area contributed by atoms with Crippen LogP contribution in [0.2, 0.25) is 0 Å². The molecular weight excluding hydrogens is 238 g/mol. The van der Waals surface area contributed by atoms with Crippen molar-refractivity contribution in [2.45, 2.75) is 32.6 Å². The number of aryl methyl sites for hydroxylation is 1. The van der Waals surface area contributed by atoms with Crippen molar-refractivity contribution < 1.29 is 4.79 Å². The molecule has 0 spiro atoms. The Kier molecular flexibility index (Phi) is 3.17. The quantitative estimate of drug-likeness (QED) is 0.851.